The predicted octanol–water partition coefficient (Wildman–Crippen LogP) is 0.557. The first kappa shape index (κ1) is 12.4. The molecule has 86 valence electrons. The molecule has 0 aliphatic rings. The molecule has 0 aliphatic heterocycles. The Hall–Kier alpha value is -0.653. The fourth-order valence-electron chi connectivity index (χ4n) is 1.23. The third-order valence-corrected chi connectivity index (χ3v) is 2.94. The molecule has 1 unspecified atom stereocenters. The van der Waals surface area contributed by atoms with Gasteiger partial charge in [0.15, 0.2) is 0 Å². The summed E-state index contributed by atoms with van der Waals surface area (Å²) in [6.07, 6.45) is 5.92. The van der Waals surface area contributed by atoms with E-state index in [0.29, 0.717) is 13.2 Å². The van der Waals surface area contributed by atoms with Crippen molar-refractivity contribution in [1.82, 2.24) is 4.98 Å². The van der Waals surface area contributed by atoms with Crippen LogP contribution in [0.15, 0.2) is 18.7 Å². The summed E-state index contributed by atoms with van der Waals surface area (Å²) in [6.45, 7) is 7.75. The Balaban J connectivity index is 2.17. The van der Waals surface area contributed by atoms with E-state index < -0.39 is 14.2 Å². The van der Waals surface area contributed by atoms with Gasteiger partial charge in [-0.2, -0.15) is 0 Å². The van der Waals surface area contributed by atoms with Crippen molar-refractivity contribution in [3.63, 3.8) is 0 Å². The zero-order valence-corrected chi connectivity index (χ0v) is 10.7. The molecule has 5 heteroatoms. The summed E-state index contributed by atoms with van der Waals surface area (Å²) in [5.41, 5.74) is 0. The van der Waals surface area contributed by atoms with Crippen molar-refractivity contribution in [3.05, 3.63) is 18.7 Å². The number of nitrogens with zero attached hydrogens (tertiary/aromatic N) is 1. The van der Waals surface area contributed by atoms with Gasteiger partial charge < -0.3 is 9.84 Å². The molecule has 0 saturated heterocycles. The standard InChI is InChI=1S/C10H20N2O2Si/c1-15(2,3)9-14-7-10(13)6-12-5-4-11-8-12/h4-5,8,10,13H,6-7,9H2,1-3H3/p+1. The van der Waals surface area contributed by atoms with E-state index in [1.165, 1.54) is 0 Å². The fraction of sp³-hybridized carbons (Fsp3) is 0.700. The molecule has 0 radical (unpaired) electrons. The molecule has 0 spiro atoms. The second kappa shape index (κ2) is 5.44. The fourth-order valence-corrected chi connectivity index (χ4v) is 1.96. The third kappa shape index (κ3) is 5.71. The minimum atomic E-state index is -1.15. The summed E-state index contributed by atoms with van der Waals surface area (Å²) in [7, 11) is -1.15. The van der Waals surface area contributed by atoms with Gasteiger partial charge >= 0.3 is 0 Å². The molecule has 0 fully saturated rings. The maximum absolute atomic E-state index is 9.67. The number of hydrogen-bond donors (Lipinski definition) is 2. The molecule has 0 bridgehead atoms. The topological polar surface area (TPSA) is 49.1 Å². The van der Waals surface area contributed by atoms with Crippen LogP contribution in [-0.2, 0) is 11.3 Å². The van der Waals surface area contributed by atoms with Crippen molar-refractivity contribution in [2.45, 2.75) is 32.3 Å². The van der Waals surface area contributed by atoms with Crippen LogP contribution in [-0.4, -0.2) is 37.1 Å². The van der Waals surface area contributed by atoms with E-state index in [-0.39, 0.29) is 0 Å². The molecular weight excluding hydrogens is 208 g/mol. The second-order valence-electron chi connectivity index (χ2n) is 5.04. The number of aliphatic hydroxyl groups excluding tert-OH is 1. The molecule has 2 N–H and O–H groups in total. The molecule has 1 atom stereocenters. The minimum Gasteiger partial charge on any atom is -0.387 e. The lowest BCUT2D eigenvalue weighted by Crippen LogP contribution is -2.40. The summed E-state index contributed by atoms with van der Waals surface area (Å²) < 4.78 is 7.40. The number of nitrogens with one attached hydrogen (secondary N) is 1. The van der Waals surface area contributed by atoms with E-state index in [1.54, 1.807) is 0 Å². The average molecular weight is 229 g/mol. The summed E-state index contributed by atoms with van der Waals surface area (Å²) >= 11 is 0. The maximum Gasteiger partial charge on any atom is 0.241 e. The highest BCUT2D eigenvalue weighted by Crippen LogP contribution is 2.00. The van der Waals surface area contributed by atoms with Gasteiger partial charge in [-0.3, -0.25) is 4.98 Å². The second-order valence-corrected chi connectivity index (χ2v) is 10.4. The first-order valence-electron chi connectivity index (χ1n) is 5.25. The van der Waals surface area contributed by atoms with Crippen LogP contribution in [0.25, 0.3) is 0 Å². The number of aromatic amines is 1. The molecule has 15 heavy (non-hydrogen) atoms. The number of rotatable bonds is 6. The SMILES string of the molecule is C[Si](C)(C)COCC(O)C[n+]1cc[nH]c1. The van der Waals surface area contributed by atoms with Crippen LogP contribution in [0.5, 0.6) is 0 Å². The van der Waals surface area contributed by atoms with Crippen molar-refractivity contribution in [1.29, 1.82) is 0 Å². The van der Waals surface area contributed by atoms with E-state index in [1.807, 2.05) is 23.3 Å². The van der Waals surface area contributed by atoms with E-state index >= 15 is 0 Å². The van der Waals surface area contributed by atoms with Gasteiger partial charge in [-0.15, -0.1) is 0 Å². The van der Waals surface area contributed by atoms with Gasteiger partial charge in [-0.05, 0) is 0 Å². The highest BCUT2D eigenvalue weighted by molar-refractivity contribution is 6.76. The summed E-state index contributed by atoms with van der Waals surface area (Å²) in [5, 5.41) is 9.67. The van der Waals surface area contributed by atoms with Crippen LogP contribution in [0.2, 0.25) is 19.6 Å². The van der Waals surface area contributed by atoms with Crippen molar-refractivity contribution >= 4 is 8.07 Å². The van der Waals surface area contributed by atoms with Crippen LogP contribution in [0, 0.1) is 0 Å². The molecular formula is C10H21N2O2Si+. The molecule has 1 heterocycles. The molecule has 1 aromatic heterocycles. The Kier molecular flexibility index (Phi) is 4.50. The lowest BCUT2D eigenvalue weighted by molar-refractivity contribution is -0.702. The average Bonchev–Trinajstić information content (AvgIpc) is 2.54. The van der Waals surface area contributed by atoms with Gasteiger partial charge in [0.1, 0.15) is 25.0 Å². The van der Waals surface area contributed by atoms with Crippen molar-refractivity contribution in [2.75, 3.05) is 12.8 Å². The Morgan fingerprint density at radius 1 is 1.47 bits per heavy atom. The lowest BCUT2D eigenvalue weighted by atomic mass is 10.4. The number of ether oxygens (including phenoxy) is 1. The van der Waals surface area contributed by atoms with Gasteiger partial charge in [-0.25, -0.2) is 4.57 Å². The number of imidazole rings is 1. The van der Waals surface area contributed by atoms with Crippen LogP contribution in [0.1, 0.15) is 0 Å². The number of aliphatic hydroxyl groups is 1. The first-order valence-corrected chi connectivity index (χ1v) is 8.96. The largest absolute Gasteiger partial charge is 0.387 e. The predicted molar refractivity (Wildman–Crippen MR) is 61.2 cm³/mol. The molecule has 0 amide bonds. The smallest absolute Gasteiger partial charge is 0.241 e. The Morgan fingerprint density at radius 3 is 2.73 bits per heavy atom. The van der Waals surface area contributed by atoms with Crippen LogP contribution in [0.3, 0.4) is 0 Å². The number of aromatic nitrogens is 2. The Labute approximate surface area is 91.9 Å². The summed E-state index contributed by atoms with van der Waals surface area (Å²) in [5.74, 6) is 0. The minimum absolute atomic E-state index is 0.419. The number of hydrogen-bond acceptors (Lipinski definition) is 2. The van der Waals surface area contributed by atoms with Crippen LogP contribution in [0.4, 0.5) is 0 Å². The van der Waals surface area contributed by atoms with Crippen molar-refractivity contribution < 1.29 is 14.4 Å². The maximum atomic E-state index is 9.67. The van der Waals surface area contributed by atoms with E-state index in [2.05, 4.69) is 24.6 Å². The van der Waals surface area contributed by atoms with Crippen molar-refractivity contribution in [2.24, 2.45) is 0 Å². The molecule has 0 saturated carbocycles. The van der Waals surface area contributed by atoms with Crippen LogP contribution < -0.4 is 4.57 Å². The van der Waals surface area contributed by atoms with Crippen molar-refractivity contribution in [3.8, 4) is 0 Å². The third-order valence-electron chi connectivity index (χ3n) is 1.87. The molecule has 0 aliphatic carbocycles. The molecule has 1 aromatic rings. The van der Waals surface area contributed by atoms with E-state index in [0.717, 1.165) is 6.23 Å². The van der Waals surface area contributed by atoms with E-state index in [4.69, 9.17) is 4.74 Å². The first-order chi connectivity index (χ1) is 6.97. The van der Waals surface area contributed by atoms with Gasteiger partial charge in [0.05, 0.1) is 14.7 Å². The Morgan fingerprint density at radius 2 is 2.20 bits per heavy atom. The summed E-state index contributed by atoms with van der Waals surface area (Å²) in [6, 6.07) is 0. The normalized spacial score (nSPS) is 14.1. The lowest BCUT2D eigenvalue weighted by Gasteiger charge is -2.17. The zero-order chi connectivity index (χ0) is 11.3. The Bertz CT molecular complexity index is 269. The highest BCUT2D eigenvalue weighted by atomic mass is 28.3. The highest BCUT2D eigenvalue weighted by Gasteiger charge is 2.15. The quantitative estimate of drug-likeness (QED) is 0.553. The zero-order valence-electron chi connectivity index (χ0n) is 9.73. The molecule has 4 nitrogen and oxygen atoms in total. The van der Waals surface area contributed by atoms with Gasteiger partial charge in [0.25, 0.3) is 0 Å². The van der Waals surface area contributed by atoms with E-state index in [9.17, 15) is 5.11 Å². The van der Waals surface area contributed by atoms with Gasteiger partial charge in [0, 0.05) is 6.23 Å². The van der Waals surface area contributed by atoms with Gasteiger partial charge in [-0.1, -0.05) is 19.6 Å². The summed E-state index contributed by atoms with van der Waals surface area (Å²) in [4.78, 5) is 2.93. The molecule has 0 aromatic carbocycles. The monoisotopic (exact) mass is 229 g/mol. The molecule has 1 rings (SSSR count). The number of H-pyrrole nitrogens is 1. The van der Waals surface area contributed by atoms with Gasteiger partial charge in [0.2, 0.25) is 6.33 Å². The van der Waals surface area contributed by atoms with Crippen LogP contribution >= 0.6 is 0 Å².